The van der Waals surface area contributed by atoms with E-state index in [9.17, 15) is 0 Å². The molecule has 1 aromatic heterocycles. The third-order valence-electron chi connectivity index (χ3n) is 5.36. The van der Waals surface area contributed by atoms with Crippen molar-refractivity contribution in [1.82, 2.24) is 9.55 Å². The standard InChI is InChI=1S/C28H25N3/c1-3-14-26(29-4-2)27-21-31(22-30-27)28(23-15-8-5-9-16-23,24-17-10-6-11-18-24)25-19-12-7-13-20-25/h3-22H,2H2,1H3/b14-3-,29-26?. The number of nitrogens with zero attached hydrogens (tertiary/aromatic N) is 3. The molecule has 0 saturated carbocycles. The van der Waals surface area contributed by atoms with Crippen molar-refractivity contribution >= 4 is 5.71 Å². The average molecular weight is 404 g/mol. The van der Waals surface area contributed by atoms with Crippen molar-refractivity contribution in [2.24, 2.45) is 4.99 Å². The van der Waals surface area contributed by atoms with Gasteiger partial charge in [-0.05, 0) is 29.7 Å². The third-order valence-corrected chi connectivity index (χ3v) is 5.36. The summed E-state index contributed by atoms with van der Waals surface area (Å²) < 4.78 is 2.18. The van der Waals surface area contributed by atoms with E-state index in [0.29, 0.717) is 0 Å². The van der Waals surface area contributed by atoms with Crippen LogP contribution in [0.3, 0.4) is 0 Å². The first kappa shape index (κ1) is 20.3. The summed E-state index contributed by atoms with van der Waals surface area (Å²) in [6, 6.07) is 31.7. The molecule has 0 atom stereocenters. The zero-order chi connectivity index (χ0) is 21.5. The Hall–Kier alpha value is -3.98. The van der Waals surface area contributed by atoms with E-state index in [1.807, 2.05) is 43.6 Å². The number of aromatic nitrogens is 2. The van der Waals surface area contributed by atoms with E-state index in [2.05, 4.69) is 95.1 Å². The summed E-state index contributed by atoms with van der Waals surface area (Å²) in [5, 5.41) is 0. The van der Waals surface area contributed by atoms with Crippen molar-refractivity contribution in [2.45, 2.75) is 12.5 Å². The molecule has 0 amide bonds. The maximum atomic E-state index is 4.73. The molecular weight excluding hydrogens is 378 g/mol. The highest BCUT2D eigenvalue weighted by Gasteiger charge is 2.38. The molecule has 31 heavy (non-hydrogen) atoms. The first-order valence-electron chi connectivity index (χ1n) is 10.3. The summed E-state index contributed by atoms with van der Waals surface area (Å²) in [5.74, 6) is 0. The Balaban J connectivity index is 2.05. The first-order valence-corrected chi connectivity index (χ1v) is 10.3. The number of allylic oxidation sites excluding steroid dienone is 2. The SMILES string of the molecule is C=CN=C(/C=C\C)c1cn(C(c2ccccc2)(c2ccccc2)c2ccccc2)cn1. The second-order valence-electron chi connectivity index (χ2n) is 7.17. The Morgan fingerprint density at radius 3 is 1.74 bits per heavy atom. The summed E-state index contributed by atoms with van der Waals surface area (Å²) in [5.41, 5.74) is 4.47. The molecule has 1 heterocycles. The minimum atomic E-state index is -0.579. The van der Waals surface area contributed by atoms with Gasteiger partial charge >= 0.3 is 0 Å². The Kier molecular flexibility index (Phi) is 6.04. The van der Waals surface area contributed by atoms with Gasteiger partial charge < -0.3 is 4.57 Å². The molecule has 0 N–H and O–H groups in total. The van der Waals surface area contributed by atoms with Crippen LogP contribution in [-0.2, 0) is 5.54 Å². The van der Waals surface area contributed by atoms with Crippen LogP contribution < -0.4 is 0 Å². The van der Waals surface area contributed by atoms with E-state index < -0.39 is 5.54 Å². The monoisotopic (exact) mass is 403 g/mol. The summed E-state index contributed by atoms with van der Waals surface area (Å²) in [6.45, 7) is 5.72. The first-order chi connectivity index (χ1) is 15.3. The molecule has 0 spiro atoms. The van der Waals surface area contributed by atoms with Crippen LogP contribution in [0.2, 0.25) is 0 Å². The Morgan fingerprint density at radius 2 is 1.32 bits per heavy atom. The molecule has 0 aliphatic carbocycles. The number of aliphatic imine (C=N–C) groups is 1. The molecule has 0 aliphatic heterocycles. The minimum absolute atomic E-state index is 0.579. The molecule has 0 bridgehead atoms. The second-order valence-corrected chi connectivity index (χ2v) is 7.17. The molecule has 4 rings (SSSR count). The van der Waals surface area contributed by atoms with E-state index in [0.717, 1.165) is 28.1 Å². The number of hydrogen-bond donors (Lipinski definition) is 0. The van der Waals surface area contributed by atoms with Crippen LogP contribution in [0.4, 0.5) is 0 Å². The summed E-state index contributed by atoms with van der Waals surface area (Å²) in [4.78, 5) is 9.15. The van der Waals surface area contributed by atoms with Crippen LogP contribution in [0, 0.1) is 0 Å². The van der Waals surface area contributed by atoms with Crippen LogP contribution in [0.15, 0.2) is 133 Å². The quantitative estimate of drug-likeness (QED) is 0.266. The van der Waals surface area contributed by atoms with Crippen molar-refractivity contribution in [3.8, 4) is 0 Å². The van der Waals surface area contributed by atoms with E-state index >= 15 is 0 Å². The molecule has 3 nitrogen and oxygen atoms in total. The molecular formula is C28H25N3. The van der Waals surface area contributed by atoms with Gasteiger partial charge in [0.2, 0.25) is 0 Å². The number of imidazole rings is 1. The molecule has 152 valence electrons. The van der Waals surface area contributed by atoms with Gasteiger partial charge in [-0.1, -0.05) is 104 Å². The van der Waals surface area contributed by atoms with E-state index in [4.69, 9.17) is 4.98 Å². The van der Waals surface area contributed by atoms with Crippen molar-refractivity contribution in [1.29, 1.82) is 0 Å². The maximum absolute atomic E-state index is 4.73. The van der Waals surface area contributed by atoms with Gasteiger partial charge in [-0.3, -0.25) is 4.99 Å². The Morgan fingerprint density at radius 1 is 0.839 bits per heavy atom. The van der Waals surface area contributed by atoms with E-state index in [1.165, 1.54) is 0 Å². The molecule has 0 aliphatic rings. The predicted molar refractivity (Wildman–Crippen MR) is 128 cm³/mol. The molecule has 0 fully saturated rings. The number of rotatable bonds is 7. The van der Waals surface area contributed by atoms with Crippen LogP contribution in [0.5, 0.6) is 0 Å². The van der Waals surface area contributed by atoms with Crippen molar-refractivity contribution in [2.75, 3.05) is 0 Å². The topological polar surface area (TPSA) is 30.2 Å². The molecule has 4 aromatic rings. The fraction of sp³-hybridized carbons (Fsp3) is 0.0714. The van der Waals surface area contributed by atoms with Crippen molar-refractivity contribution in [3.05, 3.63) is 151 Å². The van der Waals surface area contributed by atoms with Crippen LogP contribution in [-0.4, -0.2) is 15.3 Å². The summed E-state index contributed by atoms with van der Waals surface area (Å²) in [6.07, 6.45) is 9.41. The van der Waals surface area contributed by atoms with Crippen LogP contribution >= 0.6 is 0 Å². The largest absolute Gasteiger partial charge is 0.318 e. The smallest absolute Gasteiger partial charge is 0.121 e. The van der Waals surface area contributed by atoms with Crippen molar-refractivity contribution in [3.63, 3.8) is 0 Å². The average Bonchev–Trinajstić information content (AvgIpc) is 3.32. The molecule has 0 saturated heterocycles. The Bertz CT molecular complexity index is 1090. The fourth-order valence-electron chi connectivity index (χ4n) is 4.07. The van der Waals surface area contributed by atoms with Crippen LogP contribution in [0.25, 0.3) is 0 Å². The molecule has 0 radical (unpaired) electrons. The highest BCUT2D eigenvalue weighted by molar-refractivity contribution is 6.07. The van der Waals surface area contributed by atoms with Gasteiger partial charge in [-0.15, -0.1) is 0 Å². The zero-order valence-corrected chi connectivity index (χ0v) is 17.6. The lowest BCUT2D eigenvalue weighted by Crippen LogP contribution is -2.37. The van der Waals surface area contributed by atoms with E-state index in [-0.39, 0.29) is 0 Å². The predicted octanol–water partition coefficient (Wildman–Crippen LogP) is 6.23. The summed E-state index contributed by atoms with van der Waals surface area (Å²) >= 11 is 0. The lowest BCUT2D eigenvalue weighted by molar-refractivity contribution is 0.514. The minimum Gasteiger partial charge on any atom is -0.318 e. The van der Waals surface area contributed by atoms with Gasteiger partial charge in [0.25, 0.3) is 0 Å². The Labute approximate surface area is 183 Å². The highest BCUT2D eigenvalue weighted by atomic mass is 15.1. The highest BCUT2D eigenvalue weighted by Crippen LogP contribution is 2.40. The van der Waals surface area contributed by atoms with Gasteiger partial charge in [-0.25, -0.2) is 4.98 Å². The molecule has 0 unspecified atom stereocenters. The van der Waals surface area contributed by atoms with Gasteiger partial charge in [0, 0.05) is 12.4 Å². The van der Waals surface area contributed by atoms with E-state index in [1.54, 1.807) is 6.20 Å². The van der Waals surface area contributed by atoms with Gasteiger partial charge in [0.15, 0.2) is 0 Å². The number of hydrogen-bond acceptors (Lipinski definition) is 2. The number of benzene rings is 3. The molecule has 3 heteroatoms. The lowest BCUT2D eigenvalue weighted by atomic mass is 9.77. The van der Waals surface area contributed by atoms with Crippen molar-refractivity contribution < 1.29 is 0 Å². The normalized spacial score (nSPS) is 12.2. The van der Waals surface area contributed by atoms with Gasteiger partial charge in [-0.2, -0.15) is 0 Å². The maximum Gasteiger partial charge on any atom is 0.121 e. The fourth-order valence-corrected chi connectivity index (χ4v) is 4.07. The molecule has 3 aromatic carbocycles. The van der Waals surface area contributed by atoms with Crippen LogP contribution in [0.1, 0.15) is 29.3 Å². The zero-order valence-electron chi connectivity index (χ0n) is 17.6. The lowest BCUT2D eigenvalue weighted by Gasteiger charge is -2.37. The second kappa shape index (κ2) is 9.23. The van der Waals surface area contributed by atoms with Gasteiger partial charge in [0.05, 0.1) is 12.0 Å². The third kappa shape index (κ3) is 3.78. The summed E-state index contributed by atoms with van der Waals surface area (Å²) in [7, 11) is 0. The van der Waals surface area contributed by atoms with Gasteiger partial charge in [0.1, 0.15) is 11.2 Å².